The summed E-state index contributed by atoms with van der Waals surface area (Å²) in [5.74, 6) is -1.03. The molecule has 1 saturated heterocycles. The molecule has 1 aliphatic rings. The van der Waals surface area contributed by atoms with Crippen molar-refractivity contribution in [3.8, 4) is 0 Å². The van der Waals surface area contributed by atoms with Crippen molar-refractivity contribution in [1.29, 1.82) is 0 Å². The second-order valence-corrected chi connectivity index (χ2v) is 6.94. The third-order valence-electron chi connectivity index (χ3n) is 4.31. The van der Waals surface area contributed by atoms with E-state index in [1.165, 1.54) is 26.7 Å². The van der Waals surface area contributed by atoms with E-state index in [1.807, 2.05) is 6.07 Å². The Morgan fingerprint density at radius 2 is 2.14 bits per heavy atom. The topological polar surface area (TPSA) is 57.6 Å². The summed E-state index contributed by atoms with van der Waals surface area (Å²) in [6.45, 7) is 6.40. The predicted octanol–water partition coefficient (Wildman–Crippen LogP) is 3.34. The van der Waals surface area contributed by atoms with Crippen molar-refractivity contribution < 1.29 is 14.7 Å². The van der Waals surface area contributed by atoms with Crippen LogP contribution in [0.2, 0.25) is 0 Å². The van der Waals surface area contributed by atoms with Gasteiger partial charge in [-0.15, -0.1) is 11.3 Å². The van der Waals surface area contributed by atoms with Crippen LogP contribution in [0, 0.1) is 0 Å². The predicted molar refractivity (Wildman–Crippen MR) is 84.0 cm³/mol. The minimum absolute atomic E-state index is 0.126. The van der Waals surface area contributed by atoms with Crippen LogP contribution in [0.15, 0.2) is 6.07 Å². The van der Waals surface area contributed by atoms with Gasteiger partial charge in [0.25, 0.3) is 5.91 Å². The lowest BCUT2D eigenvalue weighted by atomic mass is 9.99. The zero-order chi connectivity index (χ0) is 15.6. The van der Waals surface area contributed by atoms with Crippen LogP contribution in [0.25, 0.3) is 0 Å². The smallest absolute Gasteiger partial charge is 0.329 e. The standard InChI is InChI=1S/C16H23NO3S/c1-4-7-12-11(5-2)10-13(21-12)14(18)17-9-6-8-16(17,3)15(19)20/h10H,4-9H2,1-3H3,(H,19,20). The molecule has 2 heterocycles. The van der Waals surface area contributed by atoms with Gasteiger partial charge in [-0.1, -0.05) is 20.3 Å². The Morgan fingerprint density at radius 3 is 2.71 bits per heavy atom. The number of hydrogen-bond acceptors (Lipinski definition) is 3. The van der Waals surface area contributed by atoms with Crippen LogP contribution in [-0.4, -0.2) is 34.0 Å². The normalized spacial score (nSPS) is 21.8. The molecule has 0 radical (unpaired) electrons. The van der Waals surface area contributed by atoms with Gasteiger partial charge in [-0.3, -0.25) is 4.79 Å². The number of carboxylic acids is 1. The van der Waals surface area contributed by atoms with E-state index < -0.39 is 11.5 Å². The number of carbonyl (C=O) groups excluding carboxylic acids is 1. The summed E-state index contributed by atoms with van der Waals surface area (Å²) < 4.78 is 0. The Bertz CT molecular complexity index is 552. The molecule has 1 atom stereocenters. The molecule has 0 saturated carbocycles. The molecule has 2 rings (SSSR count). The fourth-order valence-electron chi connectivity index (χ4n) is 2.95. The Kier molecular flexibility index (Phi) is 4.71. The van der Waals surface area contributed by atoms with Crippen molar-refractivity contribution in [2.24, 2.45) is 0 Å². The van der Waals surface area contributed by atoms with E-state index in [2.05, 4.69) is 13.8 Å². The largest absolute Gasteiger partial charge is 0.480 e. The van der Waals surface area contributed by atoms with Gasteiger partial charge in [0.05, 0.1) is 4.88 Å². The highest BCUT2D eigenvalue weighted by Crippen LogP contribution is 2.33. The number of carboxylic acid groups (broad SMARTS) is 1. The monoisotopic (exact) mass is 309 g/mol. The maximum Gasteiger partial charge on any atom is 0.329 e. The molecule has 1 aromatic heterocycles. The third-order valence-corrected chi connectivity index (χ3v) is 5.54. The Morgan fingerprint density at radius 1 is 1.43 bits per heavy atom. The molecule has 116 valence electrons. The van der Waals surface area contributed by atoms with Crippen molar-refractivity contribution in [1.82, 2.24) is 4.90 Å². The number of aliphatic carboxylic acids is 1. The third kappa shape index (κ3) is 2.84. The number of likely N-dealkylation sites (tertiary alicyclic amines) is 1. The first-order valence-electron chi connectivity index (χ1n) is 7.61. The lowest BCUT2D eigenvalue weighted by Crippen LogP contribution is -2.50. The summed E-state index contributed by atoms with van der Waals surface area (Å²) in [7, 11) is 0. The van der Waals surface area contributed by atoms with Gasteiger partial charge < -0.3 is 10.0 Å². The number of aryl methyl sites for hydroxylation is 2. The van der Waals surface area contributed by atoms with Crippen molar-refractivity contribution in [3.63, 3.8) is 0 Å². The molecule has 1 unspecified atom stereocenters. The average molecular weight is 309 g/mol. The fraction of sp³-hybridized carbons (Fsp3) is 0.625. The van der Waals surface area contributed by atoms with Gasteiger partial charge >= 0.3 is 5.97 Å². The first-order valence-corrected chi connectivity index (χ1v) is 8.42. The van der Waals surface area contributed by atoms with E-state index in [-0.39, 0.29) is 5.91 Å². The number of hydrogen-bond donors (Lipinski definition) is 1. The molecule has 0 spiro atoms. The molecular weight excluding hydrogens is 286 g/mol. The molecule has 5 heteroatoms. The molecular formula is C16H23NO3S. The van der Waals surface area contributed by atoms with Crippen LogP contribution in [-0.2, 0) is 17.6 Å². The highest BCUT2D eigenvalue weighted by Gasteiger charge is 2.46. The number of nitrogens with zero attached hydrogens (tertiary/aromatic N) is 1. The molecule has 1 amide bonds. The molecule has 4 nitrogen and oxygen atoms in total. The molecule has 1 N–H and O–H groups in total. The van der Waals surface area contributed by atoms with Gasteiger partial charge in [0, 0.05) is 11.4 Å². The van der Waals surface area contributed by atoms with Crippen LogP contribution >= 0.6 is 11.3 Å². The molecule has 0 aliphatic carbocycles. The number of rotatable bonds is 5. The number of thiophene rings is 1. The summed E-state index contributed by atoms with van der Waals surface area (Å²) in [4.78, 5) is 27.7. The summed E-state index contributed by atoms with van der Waals surface area (Å²) in [6.07, 6.45) is 4.23. The van der Waals surface area contributed by atoms with E-state index in [4.69, 9.17) is 0 Å². The van der Waals surface area contributed by atoms with Crippen molar-refractivity contribution >= 4 is 23.2 Å². The van der Waals surface area contributed by atoms with Crippen LogP contribution in [0.1, 0.15) is 60.1 Å². The van der Waals surface area contributed by atoms with E-state index in [0.717, 1.165) is 25.7 Å². The highest BCUT2D eigenvalue weighted by molar-refractivity contribution is 7.14. The van der Waals surface area contributed by atoms with E-state index in [9.17, 15) is 14.7 Å². The van der Waals surface area contributed by atoms with Gasteiger partial charge in [-0.2, -0.15) is 0 Å². The number of carbonyl (C=O) groups is 2. The van der Waals surface area contributed by atoms with E-state index in [0.29, 0.717) is 17.8 Å². The Balaban J connectivity index is 2.29. The summed E-state index contributed by atoms with van der Waals surface area (Å²) in [5, 5.41) is 9.44. The second kappa shape index (κ2) is 6.18. The van der Waals surface area contributed by atoms with Crippen LogP contribution < -0.4 is 0 Å². The van der Waals surface area contributed by atoms with Gasteiger partial charge in [0.1, 0.15) is 5.54 Å². The quantitative estimate of drug-likeness (QED) is 0.907. The van der Waals surface area contributed by atoms with Crippen LogP contribution in [0.4, 0.5) is 0 Å². The maximum atomic E-state index is 12.7. The van der Waals surface area contributed by atoms with Gasteiger partial charge in [0.15, 0.2) is 0 Å². The second-order valence-electron chi connectivity index (χ2n) is 5.80. The Hall–Kier alpha value is -1.36. The van der Waals surface area contributed by atoms with Gasteiger partial charge in [-0.25, -0.2) is 4.79 Å². The lowest BCUT2D eigenvalue weighted by molar-refractivity contribution is -0.147. The van der Waals surface area contributed by atoms with Gasteiger partial charge in [-0.05, 0) is 44.2 Å². The maximum absolute atomic E-state index is 12.7. The van der Waals surface area contributed by atoms with E-state index >= 15 is 0 Å². The molecule has 0 aromatic carbocycles. The van der Waals surface area contributed by atoms with Crippen molar-refractivity contribution in [3.05, 3.63) is 21.4 Å². The zero-order valence-corrected chi connectivity index (χ0v) is 13.8. The molecule has 1 aromatic rings. The fourth-order valence-corrected chi connectivity index (χ4v) is 4.26. The SMILES string of the molecule is CCCc1sc(C(=O)N2CCCC2(C)C(=O)O)cc1CC. The van der Waals surface area contributed by atoms with Crippen LogP contribution in [0.3, 0.4) is 0 Å². The first kappa shape index (κ1) is 16.0. The Labute approximate surface area is 129 Å². The summed E-state index contributed by atoms with van der Waals surface area (Å²) >= 11 is 1.53. The lowest BCUT2D eigenvalue weighted by Gasteiger charge is -2.30. The molecule has 1 aliphatic heterocycles. The number of amides is 1. The van der Waals surface area contributed by atoms with Gasteiger partial charge in [0.2, 0.25) is 0 Å². The van der Waals surface area contributed by atoms with Crippen LogP contribution in [0.5, 0.6) is 0 Å². The summed E-state index contributed by atoms with van der Waals surface area (Å²) in [6, 6.07) is 1.96. The molecule has 21 heavy (non-hydrogen) atoms. The van der Waals surface area contributed by atoms with Crippen molar-refractivity contribution in [2.75, 3.05) is 6.54 Å². The molecule has 1 fully saturated rings. The van der Waals surface area contributed by atoms with E-state index in [1.54, 1.807) is 6.92 Å². The average Bonchev–Trinajstić information content (AvgIpc) is 3.03. The first-order chi connectivity index (χ1) is 9.93. The van der Waals surface area contributed by atoms with Crippen molar-refractivity contribution in [2.45, 2.75) is 58.4 Å². The minimum atomic E-state index is -1.06. The highest BCUT2D eigenvalue weighted by atomic mass is 32.1. The summed E-state index contributed by atoms with van der Waals surface area (Å²) in [5.41, 5.74) is 0.166. The minimum Gasteiger partial charge on any atom is -0.480 e. The molecule has 0 bridgehead atoms. The zero-order valence-electron chi connectivity index (χ0n) is 12.9.